The lowest BCUT2D eigenvalue weighted by molar-refractivity contribution is -0.382. The fraction of sp³-hybridized carbons (Fsp3) is 0.386. The minimum Gasteiger partial charge on any atom is -0.457 e. The number of esters is 1. The molecule has 3 saturated heterocycles. The summed E-state index contributed by atoms with van der Waals surface area (Å²) in [6.07, 6.45) is -9.59. The van der Waals surface area contributed by atoms with Gasteiger partial charge in [-0.15, -0.1) is 0 Å². The smallest absolute Gasteiger partial charge is 0.303 e. The Balaban J connectivity index is 1.18. The van der Waals surface area contributed by atoms with Gasteiger partial charge in [-0.3, -0.25) is 19.3 Å². The molecule has 11 atom stereocenters. The number of fused-ring (bicyclic) bond motifs is 2. The van der Waals surface area contributed by atoms with E-state index >= 15 is 0 Å². The lowest BCUT2D eigenvalue weighted by Gasteiger charge is -2.52. The Labute approximate surface area is 330 Å². The molecule has 0 unspecified atom stereocenters. The molecule has 4 heterocycles. The highest BCUT2D eigenvalue weighted by atomic mass is 16.8. The normalized spacial score (nSPS) is 31.1. The molecule has 8 rings (SSSR count). The number of rotatable bonds is 12. The third-order valence-corrected chi connectivity index (χ3v) is 10.6. The maximum absolute atomic E-state index is 14.2. The van der Waals surface area contributed by atoms with E-state index in [9.17, 15) is 14.4 Å². The number of hydrogen-bond donors (Lipinski definition) is 0. The van der Waals surface area contributed by atoms with Gasteiger partial charge >= 0.3 is 5.97 Å². The van der Waals surface area contributed by atoms with E-state index in [1.54, 1.807) is 31.2 Å². The summed E-state index contributed by atoms with van der Waals surface area (Å²) in [4.78, 5) is 42.3. The number of carbonyl (C=O) groups excluding carboxylic acids is 3. The number of amides is 2. The molecule has 0 N–H and O–H groups in total. The van der Waals surface area contributed by atoms with Crippen molar-refractivity contribution in [1.29, 1.82) is 0 Å². The largest absolute Gasteiger partial charge is 0.457 e. The molecule has 3 fully saturated rings. The Hall–Kier alpha value is -4.83. The molecule has 13 nitrogen and oxygen atoms in total. The molecule has 4 aromatic carbocycles. The topological polar surface area (TPSA) is 138 Å². The van der Waals surface area contributed by atoms with Crippen LogP contribution in [-0.4, -0.2) is 97.7 Å². The SMILES string of the molecule is CO[C@@H]1O[C@@H]2CO[C@@H](c3ccccc3)O[C@H]2[C@H](O[C@@H]2O[C@@H](C)[C@H](OCc3ccccc3)[C@@H](OC(C)=O)[C@H]2OCc2ccccc2)[C@H]1N1C(=O)c2ccccc2C1=O. The fourth-order valence-electron chi connectivity index (χ4n) is 7.94. The summed E-state index contributed by atoms with van der Waals surface area (Å²) < 4.78 is 58.0. The van der Waals surface area contributed by atoms with Gasteiger partial charge in [0.2, 0.25) is 0 Å². The van der Waals surface area contributed by atoms with E-state index in [0.717, 1.165) is 21.6 Å². The van der Waals surface area contributed by atoms with Crippen molar-refractivity contribution in [1.82, 2.24) is 4.90 Å². The minimum absolute atomic E-state index is 0.0835. The van der Waals surface area contributed by atoms with Crippen LogP contribution in [0.1, 0.15) is 57.5 Å². The third kappa shape index (κ3) is 8.15. The molecular weight excluding hydrogens is 734 g/mol. The van der Waals surface area contributed by atoms with Gasteiger partial charge in [0.25, 0.3) is 11.8 Å². The first kappa shape index (κ1) is 39.0. The van der Waals surface area contributed by atoms with Gasteiger partial charge in [-0.05, 0) is 30.2 Å². The van der Waals surface area contributed by atoms with Crippen molar-refractivity contribution >= 4 is 17.8 Å². The van der Waals surface area contributed by atoms with E-state index < -0.39 is 85.4 Å². The van der Waals surface area contributed by atoms with Crippen molar-refractivity contribution < 1.29 is 57.0 Å². The van der Waals surface area contributed by atoms with E-state index in [1.807, 2.05) is 91.0 Å². The standard InChI is InChI=1S/C44H45NO12/c1-26-35(50-23-28-15-7-4-8-16-28)38(54-27(2)46)39(51-24-29-17-9-5-10-18-29)44(53-26)57-37-34(45-40(47)31-21-13-14-22-32(31)41(45)48)43(49-3)55-33-25-52-42(56-36(33)37)30-19-11-6-12-20-30/h4-22,26,33-39,42-44H,23-25H2,1-3H3/t26-,33+,34+,35-,36+,37+,38+,39+,42+,43+,44-/m0/s1. The van der Waals surface area contributed by atoms with Crippen LogP contribution in [0.4, 0.5) is 0 Å². The molecule has 0 saturated carbocycles. The van der Waals surface area contributed by atoms with Crippen LogP contribution in [-0.2, 0) is 60.6 Å². The Kier molecular flexibility index (Phi) is 11.9. The summed E-state index contributed by atoms with van der Waals surface area (Å²) in [5, 5.41) is 0. The van der Waals surface area contributed by atoms with Crippen LogP contribution in [0, 0.1) is 0 Å². The zero-order chi connectivity index (χ0) is 39.5. The summed E-state index contributed by atoms with van der Waals surface area (Å²) in [5.41, 5.74) is 3.01. The monoisotopic (exact) mass is 779 g/mol. The van der Waals surface area contributed by atoms with Crippen molar-refractivity contribution in [2.75, 3.05) is 13.7 Å². The second-order valence-electron chi connectivity index (χ2n) is 14.4. The highest BCUT2D eigenvalue weighted by molar-refractivity contribution is 6.21. The van der Waals surface area contributed by atoms with E-state index in [2.05, 4.69) is 0 Å². The number of hydrogen-bond acceptors (Lipinski definition) is 12. The van der Waals surface area contributed by atoms with Crippen LogP contribution in [0.2, 0.25) is 0 Å². The molecule has 0 aromatic heterocycles. The number of nitrogens with zero attached hydrogens (tertiary/aromatic N) is 1. The summed E-state index contributed by atoms with van der Waals surface area (Å²) in [5.74, 6) is -1.62. The molecule has 4 aromatic rings. The van der Waals surface area contributed by atoms with Gasteiger partial charge in [0, 0.05) is 19.6 Å². The number of imide groups is 1. The summed E-state index contributed by atoms with van der Waals surface area (Å²) in [6, 6.07) is 34.0. The molecule has 0 bridgehead atoms. The Morgan fingerprint density at radius 2 is 1.25 bits per heavy atom. The summed E-state index contributed by atoms with van der Waals surface area (Å²) in [7, 11) is 1.43. The maximum atomic E-state index is 14.2. The van der Waals surface area contributed by atoms with Gasteiger partial charge in [-0.2, -0.15) is 0 Å². The number of benzene rings is 4. The number of carbonyl (C=O) groups is 3. The molecule has 2 amide bonds. The first-order valence-corrected chi connectivity index (χ1v) is 19.1. The Bertz CT molecular complexity index is 1970. The highest BCUT2D eigenvalue weighted by Crippen LogP contribution is 2.41. The minimum atomic E-state index is -1.25. The molecule has 4 aliphatic heterocycles. The van der Waals surface area contributed by atoms with Crippen LogP contribution >= 0.6 is 0 Å². The zero-order valence-corrected chi connectivity index (χ0v) is 31.8. The molecule has 0 aliphatic carbocycles. The predicted octanol–water partition coefficient (Wildman–Crippen LogP) is 5.37. The quantitative estimate of drug-likeness (QED) is 0.135. The second kappa shape index (κ2) is 17.3. The second-order valence-corrected chi connectivity index (χ2v) is 14.4. The number of methoxy groups -OCH3 is 1. The predicted molar refractivity (Wildman–Crippen MR) is 201 cm³/mol. The molecule has 298 valence electrons. The van der Waals surface area contributed by atoms with Gasteiger partial charge < -0.3 is 42.6 Å². The van der Waals surface area contributed by atoms with Crippen LogP contribution in [0.25, 0.3) is 0 Å². The molecular formula is C44H45NO12. The summed E-state index contributed by atoms with van der Waals surface area (Å²) >= 11 is 0. The van der Waals surface area contributed by atoms with Crippen molar-refractivity contribution in [3.05, 3.63) is 143 Å². The highest BCUT2D eigenvalue weighted by Gasteiger charge is 2.59. The van der Waals surface area contributed by atoms with Gasteiger partial charge in [-0.1, -0.05) is 103 Å². The van der Waals surface area contributed by atoms with E-state index in [1.165, 1.54) is 14.0 Å². The van der Waals surface area contributed by atoms with Crippen molar-refractivity contribution in [3.63, 3.8) is 0 Å². The van der Waals surface area contributed by atoms with Crippen molar-refractivity contribution in [2.45, 2.75) is 94.7 Å². The van der Waals surface area contributed by atoms with Crippen molar-refractivity contribution in [2.24, 2.45) is 0 Å². The fourth-order valence-corrected chi connectivity index (χ4v) is 7.94. The Morgan fingerprint density at radius 1 is 0.684 bits per heavy atom. The van der Waals surface area contributed by atoms with Crippen LogP contribution in [0.3, 0.4) is 0 Å². The lowest BCUT2D eigenvalue weighted by atomic mass is 9.93. The van der Waals surface area contributed by atoms with Gasteiger partial charge in [0.1, 0.15) is 36.6 Å². The molecule has 0 spiro atoms. The molecule has 4 aliphatic rings. The third-order valence-electron chi connectivity index (χ3n) is 10.6. The first-order valence-electron chi connectivity index (χ1n) is 19.1. The van der Waals surface area contributed by atoms with E-state index in [4.69, 9.17) is 42.6 Å². The van der Waals surface area contributed by atoms with Gasteiger partial charge in [0.05, 0.1) is 37.1 Å². The van der Waals surface area contributed by atoms with Crippen LogP contribution in [0.15, 0.2) is 115 Å². The average Bonchev–Trinajstić information content (AvgIpc) is 3.49. The summed E-state index contributed by atoms with van der Waals surface area (Å²) in [6.45, 7) is 3.53. The molecule has 13 heteroatoms. The lowest BCUT2D eigenvalue weighted by Crippen LogP contribution is -2.70. The Morgan fingerprint density at radius 3 is 1.82 bits per heavy atom. The first-order chi connectivity index (χ1) is 27.8. The maximum Gasteiger partial charge on any atom is 0.303 e. The van der Waals surface area contributed by atoms with Crippen LogP contribution in [0.5, 0.6) is 0 Å². The molecule has 0 radical (unpaired) electrons. The van der Waals surface area contributed by atoms with Crippen molar-refractivity contribution in [3.8, 4) is 0 Å². The van der Waals surface area contributed by atoms with Gasteiger partial charge in [-0.25, -0.2) is 0 Å². The zero-order valence-electron chi connectivity index (χ0n) is 31.8. The van der Waals surface area contributed by atoms with Crippen LogP contribution < -0.4 is 0 Å². The van der Waals surface area contributed by atoms with Gasteiger partial charge in [0.15, 0.2) is 25.0 Å². The molecule has 57 heavy (non-hydrogen) atoms. The number of ether oxygens (including phenoxy) is 9. The van der Waals surface area contributed by atoms with E-state index in [0.29, 0.717) is 0 Å². The average molecular weight is 780 g/mol. The van der Waals surface area contributed by atoms with E-state index in [-0.39, 0.29) is 30.9 Å².